The summed E-state index contributed by atoms with van der Waals surface area (Å²) in [6, 6.07) is 24.8. The molecule has 0 fully saturated rings. The molecule has 0 nitrogen and oxygen atoms in total. The van der Waals surface area contributed by atoms with E-state index in [1.54, 1.807) is 11.8 Å². The van der Waals surface area contributed by atoms with Crippen LogP contribution in [-0.4, -0.2) is 6.26 Å². The Morgan fingerprint density at radius 1 is 0.750 bits per heavy atom. The van der Waals surface area contributed by atoms with Gasteiger partial charge in [-0.1, -0.05) is 68.4 Å². The quantitative estimate of drug-likeness (QED) is 0.507. The zero-order valence-corrected chi connectivity index (χ0v) is 15.3. The molecule has 4 rings (SSSR count). The summed E-state index contributed by atoms with van der Waals surface area (Å²) in [5.74, 6) is 0. The molecule has 3 aromatic rings. The van der Waals surface area contributed by atoms with Crippen LogP contribution in [0.25, 0.3) is 11.1 Å². The standard InChI is InChI=1S/C23H22S/c1-23(2)21-7-5-4-6-19(21)20-13-10-17(15-22(20)23)14-16-8-11-18(24-3)12-9-16/h4-13,15H,14H2,1-3H3. The predicted molar refractivity (Wildman–Crippen MR) is 105 cm³/mol. The van der Waals surface area contributed by atoms with Crippen LogP contribution in [0.5, 0.6) is 0 Å². The van der Waals surface area contributed by atoms with Crippen LogP contribution in [0.2, 0.25) is 0 Å². The SMILES string of the molecule is CSc1ccc(Cc2ccc3c(c2)C(C)(C)c2ccccc2-3)cc1. The summed E-state index contributed by atoms with van der Waals surface area (Å²) >= 11 is 1.79. The fourth-order valence-corrected chi connectivity index (χ4v) is 4.25. The number of hydrogen-bond acceptors (Lipinski definition) is 1. The summed E-state index contributed by atoms with van der Waals surface area (Å²) < 4.78 is 0. The van der Waals surface area contributed by atoms with Gasteiger partial charge in [0.05, 0.1) is 0 Å². The van der Waals surface area contributed by atoms with Crippen molar-refractivity contribution in [1.29, 1.82) is 0 Å². The van der Waals surface area contributed by atoms with Crippen LogP contribution in [0, 0.1) is 0 Å². The van der Waals surface area contributed by atoms with Gasteiger partial charge in [0.25, 0.3) is 0 Å². The Morgan fingerprint density at radius 3 is 2.17 bits per heavy atom. The van der Waals surface area contributed by atoms with Gasteiger partial charge in [0.1, 0.15) is 0 Å². The van der Waals surface area contributed by atoms with Crippen molar-refractivity contribution < 1.29 is 0 Å². The van der Waals surface area contributed by atoms with E-state index < -0.39 is 0 Å². The summed E-state index contributed by atoms with van der Waals surface area (Å²) in [7, 11) is 0. The maximum Gasteiger partial charge on any atom is 0.0158 e. The molecule has 0 aromatic heterocycles. The molecule has 0 amide bonds. The van der Waals surface area contributed by atoms with Gasteiger partial charge in [0.15, 0.2) is 0 Å². The summed E-state index contributed by atoms with van der Waals surface area (Å²) in [5.41, 5.74) is 8.56. The first-order chi connectivity index (χ1) is 11.6. The molecule has 3 aromatic carbocycles. The van der Waals surface area contributed by atoms with Gasteiger partial charge in [0.2, 0.25) is 0 Å². The summed E-state index contributed by atoms with van der Waals surface area (Å²) in [6.45, 7) is 4.68. The van der Waals surface area contributed by atoms with Crippen molar-refractivity contribution in [3.8, 4) is 11.1 Å². The van der Waals surface area contributed by atoms with Crippen LogP contribution in [0.4, 0.5) is 0 Å². The van der Waals surface area contributed by atoms with Gasteiger partial charge in [0, 0.05) is 10.3 Å². The highest BCUT2D eigenvalue weighted by Gasteiger charge is 2.34. The predicted octanol–water partition coefficient (Wildman–Crippen LogP) is 6.31. The van der Waals surface area contributed by atoms with Crippen LogP contribution < -0.4 is 0 Å². The highest BCUT2D eigenvalue weighted by atomic mass is 32.2. The van der Waals surface area contributed by atoms with Crippen molar-refractivity contribution >= 4 is 11.8 Å². The van der Waals surface area contributed by atoms with Crippen LogP contribution in [0.15, 0.2) is 71.6 Å². The van der Waals surface area contributed by atoms with Crippen molar-refractivity contribution in [2.75, 3.05) is 6.26 Å². The summed E-state index contributed by atoms with van der Waals surface area (Å²) in [4.78, 5) is 1.32. The van der Waals surface area contributed by atoms with E-state index in [9.17, 15) is 0 Å². The molecule has 0 heterocycles. The van der Waals surface area contributed by atoms with Gasteiger partial charge in [-0.2, -0.15) is 0 Å². The molecule has 1 heteroatoms. The Kier molecular flexibility index (Phi) is 3.77. The number of rotatable bonds is 3. The van der Waals surface area contributed by atoms with Gasteiger partial charge in [-0.3, -0.25) is 0 Å². The smallest absolute Gasteiger partial charge is 0.0158 e. The molecule has 0 bridgehead atoms. The molecule has 0 aliphatic heterocycles. The van der Waals surface area contributed by atoms with Gasteiger partial charge in [-0.15, -0.1) is 11.8 Å². The Hall–Kier alpha value is -1.99. The highest BCUT2D eigenvalue weighted by Crippen LogP contribution is 2.48. The summed E-state index contributed by atoms with van der Waals surface area (Å²) in [6.07, 6.45) is 3.11. The molecule has 0 radical (unpaired) electrons. The molecule has 1 aliphatic carbocycles. The van der Waals surface area contributed by atoms with Crippen LogP contribution in [-0.2, 0) is 11.8 Å². The first-order valence-electron chi connectivity index (χ1n) is 8.46. The molecule has 1 aliphatic rings. The second-order valence-corrected chi connectivity index (χ2v) is 7.96. The minimum atomic E-state index is 0.0879. The van der Waals surface area contributed by atoms with E-state index >= 15 is 0 Å². The average Bonchev–Trinajstić information content (AvgIpc) is 2.84. The normalized spacial score (nSPS) is 14.3. The zero-order valence-electron chi connectivity index (χ0n) is 14.5. The third-order valence-corrected chi connectivity index (χ3v) is 5.96. The third-order valence-electron chi connectivity index (χ3n) is 5.22. The van der Waals surface area contributed by atoms with Crippen molar-refractivity contribution in [2.45, 2.75) is 30.6 Å². The number of benzene rings is 3. The van der Waals surface area contributed by atoms with E-state index in [-0.39, 0.29) is 5.41 Å². The number of fused-ring (bicyclic) bond motifs is 3. The largest absolute Gasteiger partial charge is 0.130 e. The van der Waals surface area contributed by atoms with Crippen LogP contribution >= 0.6 is 11.8 Å². The molecule has 0 saturated carbocycles. The minimum absolute atomic E-state index is 0.0879. The molecule has 24 heavy (non-hydrogen) atoms. The zero-order chi connectivity index (χ0) is 16.7. The second-order valence-electron chi connectivity index (χ2n) is 7.08. The van der Waals surface area contributed by atoms with Gasteiger partial charge < -0.3 is 0 Å². The van der Waals surface area contributed by atoms with Crippen molar-refractivity contribution in [1.82, 2.24) is 0 Å². The molecule has 0 spiro atoms. The molecule has 0 atom stereocenters. The minimum Gasteiger partial charge on any atom is -0.130 e. The molecular weight excluding hydrogens is 308 g/mol. The molecule has 0 unspecified atom stereocenters. The molecule has 0 saturated heterocycles. The fraction of sp³-hybridized carbons (Fsp3) is 0.217. The summed E-state index contributed by atoms with van der Waals surface area (Å²) in [5, 5.41) is 0. The number of thioether (sulfide) groups is 1. The topological polar surface area (TPSA) is 0 Å². The number of hydrogen-bond donors (Lipinski definition) is 0. The van der Waals surface area contributed by atoms with E-state index in [1.165, 1.54) is 38.3 Å². The van der Waals surface area contributed by atoms with E-state index in [2.05, 4.69) is 86.8 Å². The molecular formula is C23H22S. The van der Waals surface area contributed by atoms with Crippen LogP contribution in [0.1, 0.15) is 36.1 Å². The van der Waals surface area contributed by atoms with Gasteiger partial charge in [-0.25, -0.2) is 0 Å². The maximum atomic E-state index is 2.41. The highest BCUT2D eigenvalue weighted by molar-refractivity contribution is 7.98. The molecule has 0 N–H and O–H groups in total. The molecule has 120 valence electrons. The van der Waals surface area contributed by atoms with Gasteiger partial charge >= 0.3 is 0 Å². The van der Waals surface area contributed by atoms with Crippen molar-refractivity contribution in [3.63, 3.8) is 0 Å². The Balaban J connectivity index is 1.70. The van der Waals surface area contributed by atoms with Crippen molar-refractivity contribution in [3.05, 3.63) is 89.0 Å². The Morgan fingerprint density at radius 2 is 1.42 bits per heavy atom. The van der Waals surface area contributed by atoms with Gasteiger partial charge in [-0.05, 0) is 58.2 Å². The fourth-order valence-electron chi connectivity index (χ4n) is 3.84. The average molecular weight is 330 g/mol. The first-order valence-corrected chi connectivity index (χ1v) is 9.68. The lowest BCUT2D eigenvalue weighted by atomic mass is 9.81. The first kappa shape index (κ1) is 15.5. The third kappa shape index (κ3) is 2.48. The monoisotopic (exact) mass is 330 g/mol. The van der Waals surface area contributed by atoms with E-state index in [0.29, 0.717) is 0 Å². The lowest BCUT2D eigenvalue weighted by molar-refractivity contribution is 0.659. The lowest BCUT2D eigenvalue weighted by Crippen LogP contribution is -2.15. The van der Waals surface area contributed by atoms with Crippen LogP contribution in [0.3, 0.4) is 0 Å². The second kappa shape index (κ2) is 5.82. The lowest BCUT2D eigenvalue weighted by Gasteiger charge is -2.22. The van der Waals surface area contributed by atoms with E-state index in [0.717, 1.165) is 6.42 Å². The Labute approximate surface area is 148 Å². The van der Waals surface area contributed by atoms with Crippen molar-refractivity contribution in [2.24, 2.45) is 0 Å². The maximum absolute atomic E-state index is 2.41. The van der Waals surface area contributed by atoms with E-state index in [4.69, 9.17) is 0 Å². The Bertz CT molecular complexity index is 888. The van der Waals surface area contributed by atoms with E-state index in [1.807, 2.05) is 0 Å².